The quantitative estimate of drug-likeness (QED) is 0.783. The van der Waals surface area contributed by atoms with E-state index in [0.717, 1.165) is 21.3 Å². The number of thiocarbonyl (C=S) groups is 1. The summed E-state index contributed by atoms with van der Waals surface area (Å²) in [5, 5.41) is 0. The highest BCUT2D eigenvalue weighted by atomic mass is 79.9. The molecule has 1 aromatic rings. The molecule has 2 rings (SSSR count). The highest BCUT2D eigenvalue weighted by Gasteiger charge is 2.33. The van der Waals surface area contributed by atoms with E-state index in [-0.39, 0.29) is 5.54 Å². The number of anilines is 1. The minimum atomic E-state index is 0.247. The summed E-state index contributed by atoms with van der Waals surface area (Å²) in [5.41, 5.74) is 1.42. The molecule has 0 radical (unpaired) electrons. The van der Waals surface area contributed by atoms with Gasteiger partial charge in [0.15, 0.2) is 11.0 Å². The van der Waals surface area contributed by atoms with Crippen LogP contribution in [-0.2, 0) is 0 Å². The molecule has 1 heterocycles. The maximum Gasteiger partial charge on any atom is 0.159 e. The van der Waals surface area contributed by atoms with Crippen LogP contribution >= 0.6 is 39.9 Å². The summed E-state index contributed by atoms with van der Waals surface area (Å²) in [6.45, 7) is 7.77. The minimum Gasteiger partial charge on any atom is -0.305 e. The summed E-state index contributed by atoms with van der Waals surface area (Å²) < 4.78 is 2.08. The minimum absolute atomic E-state index is 0.247. The average Bonchev–Trinajstić information content (AvgIpc) is 2.29. The van der Waals surface area contributed by atoms with E-state index in [1.54, 1.807) is 16.7 Å². The summed E-state index contributed by atoms with van der Waals surface area (Å²) in [5.74, 6) is 1.05. The van der Waals surface area contributed by atoms with Gasteiger partial charge in [0.05, 0.1) is 5.54 Å². The van der Waals surface area contributed by atoms with Gasteiger partial charge in [0.25, 0.3) is 0 Å². The van der Waals surface area contributed by atoms with Gasteiger partial charge in [0.2, 0.25) is 0 Å². The van der Waals surface area contributed by atoms with Gasteiger partial charge in [-0.05, 0) is 56.8 Å². The second kappa shape index (κ2) is 5.49. The largest absolute Gasteiger partial charge is 0.305 e. The van der Waals surface area contributed by atoms with E-state index in [1.165, 1.54) is 5.69 Å². The van der Waals surface area contributed by atoms with Gasteiger partial charge < -0.3 is 4.90 Å². The Balaban J connectivity index is 2.20. The molecule has 0 bridgehead atoms. The van der Waals surface area contributed by atoms with Crippen molar-refractivity contribution in [1.82, 2.24) is 0 Å². The smallest absolute Gasteiger partial charge is 0.159 e. The molecule has 1 aliphatic heterocycles. The highest BCUT2D eigenvalue weighted by Crippen LogP contribution is 2.23. The van der Waals surface area contributed by atoms with Crippen LogP contribution in [0.4, 0.5) is 5.69 Å². The van der Waals surface area contributed by atoms with Crippen molar-refractivity contribution in [1.29, 1.82) is 0 Å². The number of hydrogen-bond acceptors (Lipinski definition) is 2. The van der Waals surface area contributed by atoms with Crippen molar-refractivity contribution >= 4 is 49.9 Å². The summed E-state index contributed by atoms with van der Waals surface area (Å²) in [6.07, 6.45) is 0. The number of quaternary nitrogens is 1. The molecule has 2 nitrogen and oxygen atoms in total. The number of halogens is 1. The third-order valence-corrected chi connectivity index (χ3v) is 5.20. The Kier molecular flexibility index (Phi) is 4.36. The summed E-state index contributed by atoms with van der Waals surface area (Å²) in [4.78, 5) is 3.78. The van der Waals surface area contributed by atoms with Crippen molar-refractivity contribution in [2.75, 3.05) is 17.4 Å². The van der Waals surface area contributed by atoms with Gasteiger partial charge in [-0.3, -0.25) is 4.90 Å². The zero-order valence-electron chi connectivity index (χ0n) is 10.9. The van der Waals surface area contributed by atoms with Crippen LogP contribution in [0.1, 0.15) is 20.8 Å². The highest BCUT2D eigenvalue weighted by molar-refractivity contribution is 9.10. The van der Waals surface area contributed by atoms with Crippen LogP contribution in [0.25, 0.3) is 0 Å². The fraction of sp³-hybridized carbons (Fsp3) is 0.462. The van der Waals surface area contributed by atoms with Gasteiger partial charge in [-0.1, -0.05) is 28.1 Å². The topological polar surface area (TPSA) is 7.68 Å². The molecule has 1 atom stereocenters. The lowest BCUT2D eigenvalue weighted by molar-refractivity contribution is -0.934. The van der Waals surface area contributed by atoms with Crippen LogP contribution in [0, 0.1) is 0 Å². The lowest BCUT2D eigenvalue weighted by atomic mass is 10.1. The van der Waals surface area contributed by atoms with Gasteiger partial charge in [-0.2, -0.15) is 0 Å². The number of nitrogens with zero attached hydrogens (tertiary/aromatic N) is 1. The van der Waals surface area contributed by atoms with E-state index in [2.05, 4.69) is 65.9 Å². The number of hydrogen-bond donors (Lipinski definition) is 1. The maximum atomic E-state index is 5.48. The molecular formula is C13H18BrN2S2+. The van der Waals surface area contributed by atoms with E-state index in [0.29, 0.717) is 0 Å². The van der Waals surface area contributed by atoms with Gasteiger partial charge in [0.1, 0.15) is 5.88 Å². The second-order valence-corrected chi connectivity index (χ2v) is 8.00. The molecular weight excluding hydrogens is 328 g/mol. The normalized spacial score (nSPS) is 21.2. The predicted molar refractivity (Wildman–Crippen MR) is 87.3 cm³/mol. The van der Waals surface area contributed by atoms with Gasteiger partial charge in [-0.15, -0.1) is 0 Å². The lowest BCUT2D eigenvalue weighted by Crippen LogP contribution is -3.20. The maximum absolute atomic E-state index is 5.48. The third-order valence-electron chi connectivity index (χ3n) is 3.14. The SMILES string of the molecule is CC(C)(C)[NH+]1CSC(=S)N(c2ccc(Br)cc2)C1. The Hall–Kier alpha value is -0.100. The summed E-state index contributed by atoms with van der Waals surface area (Å²) in [6, 6.07) is 8.35. The van der Waals surface area contributed by atoms with Crippen LogP contribution < -0.4 is 9.80 Å². The van der Waals surface area contributed by atoms with E-state index in [9.17, 15) is 0 Å². The van der Waals surface area contributed by atoms with Crippen LogP contribution in [0.15, 0.2) is 28.7 Å². The van der Waals surface area contributed by atoms with Crippen molar-refractivity contribution in [3.05, 3.63) is 28.7 Å². The Morgan fingerprint density at radius 3 is 2.44 bits per heavy atom. The van der Waals surface area contributed by atoms with Crippen molar-refractivity contribution in [2.45, 2.75) is 26.3 Å². The molecule has 0 amide bonds. The number of rotatable bonds is 1. The van der Waals surface area contributed by atoms with Crippen LogP contribution in [0.3, 0.4) is 0 Å². The van der Waals surface area contributed by atoms with Gasteiger partial charge >= 0.3 is 0 Å². The first-order valence-electron chi connectivity index (χ1n) is 5.93. The monoisotopic (exact) mass is 345 g/mol. The van der Waals surface area contributed by atoms with E-state index in [1.807, 2.05) is 0 Å². The predicted octanol–water partition coefficient (Wildman–Crippen LogP) is 2.89. The first kappa shape index (κ1) is 14.3. The molecule has 0 saturated carbocycles. The zero-order chi connectivity index (χ0) is 13.3. The Labute approximate surface area is 127 Å². The third kappa shape index (κ3) is 3.26. The molecule has 5 heteroatoms. The molecule has 0 spiro atoms. The first-order chi connectivity index (χ1) is 8.38. The van der Waals surface area contributed by atoms with Gasteiger partial charge in [0, 0.05) is 10.2 Å². The fourth-order valence-corrected chi connectivity index (χ4v) is 3.56. The molecule has 98 valence electrons. The van der Waals surface area contributed by atoms with Crippen LogP contribution in [-0.4, -0.2) is 22.4 Å². The number of nitrogens with one attached hydrogen (secondary N) is 1. The van der Waals surface area contributed by atoms with Crippen LogP contribution in [0.2, 0.25) is 0 Å². The molecule has 1 N–H and O–H groups in total. The molecule has 1 fully saturated rings. The van der Waals surface area contributed by atoms with E-state index < -0.39 is 0 Å². The van der Waals surface area contributed by atoms with Crippen LogP contribution in [0.5, 0.6) is 0 Å². The number of benzene rings is 1. The molecule has 1 saturated heterocycles. The molecule has 0 aromatic heterocycles. The fourth-order valence-electron chi connectivity index (χ4n) is 1.80. The second-order valence-electron chi connectivity index (χ2n) is 5.47. The molecule has 1 aromatic carbocycles. The summed E-state index contributed by atoms with van der Waals surface area (Å²) >= 11 is 10.7. The van der Waals surface area contributed by atoms with Gasteiger partial charge in [-0.25, -0.2) is 0 Å². The average molecular weight is 346 g/mol. The van der Waals surface area contributed by atoms with Crippen molar-refractivity contribution in [3.63, 3.8) is 0 Å². The van der Waals surface area contributed by atoms with Crippen molar-refractivity contribution in [3.8, 4) is 0 Å². The molecule has 18 heavy (non-hydrogen) atoms. The molecule has 0 aliphatic carbocycles. The van der Waals surface area contributed by atoms with Crippen molar-refractivity contribution in [2.24, 2.45) is 0 Å². The zero-order valence-corrected chi connectivity index (χ0v) is 14.1. The van der Waals surface area contributed by atoms with Crippen molar-refractivity contribution < 1.29 is 4.90 Å². The standard InChI is InChI=1S/C13H17BrN2S2/c1-13(2,3)15-8-16(12(17)18-9-15)11-6-4-10(14)5-7-11/h4-7H,8-9H2,1-3H3/p+1. The Morgan fingerprint density at radius 1 is 1.28 bits per heavy atom. The molecule has 1 unspecified atom stereocenters. The van der Waals surface area contributed by atoms with E-state index in [4.69, 9.17) is 12.2 Å². The first-order valence-corrected chi connectivity index (χ1v) is 8.11. The Bertz CT molecular complexity index is 439. The lowest BCUT2D eigenvalue weighted by Gasteiger charge is -2.40. The Morgan fingerprint density at radius 2 is 1.89 bits per heavy atom. The summed E-state index contributed by atoms with van der Waals surface area (Å²) in [7, 11) is 0. The van der Waals surface area contributed by atoms with E-state index >= 15 is 0 Å². The molecule has 1 aliphatic rings. The number of thioether (sulfide) groups is 1.